The maximum atomic E-state index is 12.8. The van der Waals surface area contributed by atoms with Gasteiger partial charge in [-0.2, -0.15) is 5.10 Å². The number of hydrogen-bond donors (Lipinski definition) is 1. The standard InChI is InChI=1S/C21H22N4O3/c1-2-24(13-17-7-8-19-20(12-17)28-15-27-19)21(26)23-18-6-3-5-16(11-18)14-25-10-4-9-22-25/h3-12H,2,13-15H2,1H3,(H,23,26). The molecule has 1 N–H and O–H groups in total. The lowest BCUT2D eigenvalue weighted by atomic mass is 10.2. The number of amides is 2. The molecule has 2 amide bonds. The first kappa shape index (κ1) is 17.9. The molecule has 0 atom stereocenters. The molecule has 1 aromatic heterocycles. The van der Waals surface area contributed by atoms with E-state index in [2.05, 4.69) is 10.4 Å². The Labute approximate surface area is 163 Å². The highest BCUT2D eigenvalue weighted by molar-refractivity contribution is 5.89. The van der Waals surface area contributed by atoms with Crippen molar-refractivity contribution >= 4 is 11.7 Å². The van der Waals surface area contributed by atoms with Crippen molar-refractivity contribution in [1.82, 2.24) is 14.7 Å². The van der Waals surface area contributed by atoms with Gasteiger partial charge in [-0.3, -0.25) is 4.68 Å². The minimum absolute atomic E-state index is 0.142. The number of anilines is 1. The Hall–Kier alpha value is -3.48. The van der Waals surface area contributed by atoms with Gasteiger partial charge in [-0.05, 0) is 48.4 Å². The fourth-order valence-corrected chi connectivity index (χ4v) is 3.12. The van der Waals surface area contributed by atoms with Crippen LogP contribution in [0, 0.1) is 0 Å². The van der Waals surface area contributed by atoms with Crippen molar-refractivity contribution in [1.29, 1.82) is 0 Å². The van der Waals surface area contributed by atoms with Crippen LogP contribution in [-0.2, 0) is 13.1 Å². The summed E-state index contributed by atoms with van der Waals surface area (Å²) in [6, 6.07) is 15.3. The number of hydrogen-bond acceptors (Lipinski definition) is 4. The smallest absolute Gasteiger partial charge is 0.322 e. The highest BCUT2D eigenvalue weighted by atomic mass is 16.7. The van der Waals surface area contributed by atoms with Crippen LogP contribution >= 0.6 is 0 Å². The predicted molar refractivity (Wildman–Crippen MR) is 105 cm³/mol. The molecule has 2 heterocycles. The molecule has 1 aliphatic rings. The van der Waals surface area contributed by atoms with E-state index < -0.39 is 0 Å². The number of fused-ring (bicyclic) bond motifs is 1. The van der Waals surface area contributed by atoms with Gasteiger partial charge in [0.1, 0.15) is 0 Å². The van der Waals surface area contributed by atoms with Crippen LogP contribution in [0.5, 0.6) is 11.5 Å². The SMILES string of the molecule is CCN(Cc1ccc2c(c1)OCO2)C(=O)Nc1cccc(Cn2cccn2)c1. The number of benzene rings is 2. The molecular weight excluding hydrogens is 356 g/mol. The molecule has 1 aliphatic heterocycles. The lowest BCUT2D eigenvalue weighted by Gasteiger charge is -2.22. The summed E-state index contributed by atoms with van der Waals surface area (Å²) < 4.78 is 12.6. The van der Waals surface area contributed by atoms with E-state index in [-0.39, 0.29) is 12.8 Å². The number of carbonyl (C=O) groups is 1. The van der Waals surface area contributed by atoms with Crippen molar-refractivity contribution in [3.05, 3.63) is 72.1 Å². The number of urea groups is 1. The van der Waals surface area contributed by atoms with E-state index in [1.165, 1.54) is 0 Å². The zero-order chi connectivity index (χ0) is 19.3. The zero-order valence-corrected chi connectivity index (χ0v) is 15.7. The summed E-state index contributed by atoms with van der Waals surface area (Å²) in [7, 11) is 0. The Morgan fingerprint density at radius 2 is 2.04 bits per heavy atom. The topological polar surface area (TPSA) is 68.6 Å². The molecule has 0 saturated heterocycles. The van der Waals surface area contributed by atoms with E-state index >= 15 is 0 Å². The molecule has 0 spiro atoms. The number of aromatic nitrogens is 2. The van der Waals surface area contributed by atoms with Crippen molar-refractivity contribution in [2.45, 2.75) is 20.0 Å². The fraction of sp³-hybridized carbons (Fsp3) is 0.238. The minimum atomic E-state index is -0.142. The third-order valence-electron chi connectivity index (χ3n) is 4.56. The predicted octanol–water partition coefficient (Wildman–Crippen LogP) is 3.71. The van der Waals surface area contributed by atoms with Crippen molar-refractivity contribution < 1.29 is 14.3 Å². The highest BCUT2D eigenvalue weighted by Gasteiger charge is 2.17. The van der Waals surface area contributed by atoms with Gasteiger partial charge in [0, 0.05) is 31.2 Å². The van der Waals surface area contributed by atoms with Gasteiger partial charge in [0.25, 0.3) is 0 Å². The van der Waals surface area contributed by atoms with Crippen molar-refractivity contribution in [3.63, 3.8) is 0 Å². The fourth-order valence-electron chi connectivity index (χ4n) is 3.12. The second-order valence-electron chi connectivity index (χ2n) is 6.54. The van der Waals surface area contributed by atoms with Gasteiger partial charge in [-0.1, -0.05) is 18.2 Å². The first-order chi connectivity index (χ1) is 13.7. The van der Waals surface area contributed by atoms with Gasteiger partial charge in [-0.25, -0.2) is 4.79 Å². The molecule has 3 aromatic rings. The molecule has 0 saturated carbocycles. The van der Waals surface area contributed by atoms with Crippen LogP contribution in [0.15, 0.2) is 60.9 Å². The molecule has 2 aromatic carbocycles. The van der Waals surface area contributed by atoms with Crippen LogP contribution in [-0.4, -0.2) is 34.0 Å². The summed E-state index contributed by atoms with van der Waals surface area (Å²) in [6.07, 6.45) is 3.66. The lowest BCUT2D eigenvalue weighted by Crippen LogP contribution is -2.34. The summed E-state index contributed by atoms with van der Waals surface area (Å²) in [5.74, 6) is 1.46. The van der Waals surface area contributed by atoms with E-state index in [0.29, 0.717) is 19.6 Å². The average molecular weight is 378 g/mol. The molecule has 0 radical (unpaired) electrons. The Kier molecular flexibility index (Phi) is 5.14. The van der Waals surface area contributed by atoms with E-state index in [1.54, 1.807) is 11.1 Å². The molecular formula is C21H22N4O3. The monoisotopic (exact) mass is 378 g/mol. The largest absolute Gasteiger partial charge is 0.454 e. The van der Waals surface area contributed by atoms with Gasteiger partial charge >= 0.3 is 6.03 Å². The Bertz CT molecular complexity index is 956. The number of rotatable bonds is 6. The first-order valence-electron chi connectivity index (χ1n) is 9.22. The molecule has 7 nitrogen and oxygen atoms in total. The number of ether oxygens (including phenoxy) is 2. The van der Waals surface area contributed by atoms with Crippen LogP contribution in [0.1, 0.15) is 18.1 Å². The van der Waals surface area contributed by atoms with Crippen molar-refractivity contribution in [2.24, 2.45) is 0 Å². The molecule has 7 heteroatoms. The summed E-state index contributed by atoms with van der Waals surface area (Å²) in [6.45, 7) is 3.94. The quantitative estimate of drug-likeness (QED) is 0.710. The zero-order valence-electron chi connectivity index (χ0n) is 15.7. The van der Waals surface area contributed by atoms with Crippen LogP contribution in [0.4, 0.5) is 10.5 Å². The maximum absolute atomic E-state index is 12.8. The molecule has 0 bridgehead atoms. The average Bonchev–Trinajstić information content (AvgIpc) is 3.37. The third kappa shape index (κ3) is 4.09. The Morgan fingerprint density at radius 1 is 1.14 bits per heavy atom. The summed E-state index contributed by atoms with van der Waals surface area (Å²) in [5.41, 5.74) is 2.83. The van der Waals surface area contributed by atoms with Gasteiger partial charge in [0.15, 0.2) is 11.5 Å². The summed E-state index contributed by atoms with van der Waals surface area (Å²) >= 11 is 0. The molecule has 0 aliphatic carbocycles. The molecule has 144 valence electrons. The van der Waals surface area contributed by atoms with Crippen molar-refractivity contribution in [2.75, 3.05) is 18.7 Å². The van der Waals surface area contributed by atoms with Crippen LogP contribution < -0.4 is 14.8 Å². The lowest BCUT2D eigenvalue weighted by molar-refractivity contribution is 0.174. The van der Waals surface area contributed by atoms with Crippen LogP contribution in [0.2, 0.25) is 0 Å². The Morgan fingerprint density at radius 3 is 2.86 bits per heavy atom. The van der Waals surface area contributed by atoms with E-state index in [0.717, 1.165) is 28.3 Å². The number of nitrogens with zero attached hydrogens (tertiary/aromatic N) is 3. The van der Waals surface area contributed by atoms with Gasteiger partial charge in [-0.15, -0.1) is 0 Å². The molecule has 4 rings (SSSR count). The third-order valence-corrected chi connectivity index (χ3v) is 4.56. The van der Waals surface area contributed by atoms with Crippen molar-refractivity contribution in [3.8, 4) is 11.5 Å². The number of nitrogens with one attached hydrogen (secondary N) is 1. The number of carbonyl (C=O) groups excluding carboxylic acids is 1. The van der Waals surface area contributed by atoms with E-state index in [9.17, 15) is 4.79 Å². The van der Waals surface area contributed by atoms with Crippen LogP contribution in [0.25, 0.3) is 0 Å². The first-order valence-corrected chi connectivity index (χ1v) is 9.22. The van der Waals surface area contributed by atoms with Gasteiger partial charge in [0.05, 0.1) is 6.54 Å². The normalized spacial score (nSPS) is 12.0. The second kappa shape index (κ2) is 8.04. The van der Waals surface area contributed by atoms with Gasteiger partial charge in [0.2, 0.25) is 6.79 Å². The minimum Gasteiger partial charge on any atom is -0.454 e. The van der Waals surface area contributed by atoms with Crippen LogP contribution in [0.3, 0.4) is 0 Å². The summed E-state index contributed by atoms with van der Waals surface area (Å²) in [4.78, 5) is 14.5. The second-order valence-corrected chi connectivity index (χ2v) is 6.54. The Balaban J connectivity index is 1.41. The van der Waals surface area contributed by atoms with E-state index in [4.69, 9.17) is 9.47 Å². The molecule has 0 unspecified atom stereocenters. The molecule has 0 fully saturated rings. The summed E-state index contributed by atoms with van der Waals surface area (Å²) in [5, 5.41) is 7.20. The molecule has 28 heavy (non-hydrogen) atoms. The maximum Gasteiger partial charge on any atom is 0.322 e. The van der Waals surface area contributed by atoms with Gasteiger partial charge < -0.3 is 19.7 Å². The van der Waals surface area contributed by atoms with E-state index in [1.807, 2.05) is 66.3 Å². The highest BCUT2D eigenvalue weighted by Crippen LogP contribution is 2.32.